The van der Waals surface area contributed by atoms with Gasteiger partial charge in [-0.1, -0.05) is 12.5 Å². The summed E-state index contributed by atoms with van der Waals surface area (Å²) in [6.45, 7) is 1.13. The molecule has 0 saturated heterocycles. The quantitative estimate of drug-likeness (QED) is 0.644. The topological polar surface area (TPSA) is 81.9 Å². The Morgan fingerprint density at radius 1 is 1.34 bits per heavy atom. The zero-order valence-corrected chi connectivity index (χ0v) is 17.3. The number of thiophene rings is 1. The third kappa shape index (κ3) is 4.54. The first-order valence-corrected chi connectivity index (χ1v) is 10.8. The van der Waals surface area contributed by atoms with E-state index in [1.165, 1.54) is 0 Å². The zero-order chi connectivity index (χ0) is 20.1. The van der Waals surface area contributed by atoms with Crippen molar-refractivity contribution in [1.82, 2.24) is 25.1 Å². The molecule has 1 amide bonds. The van der Waals surface area contributed by atoms with Crippen molar-refractivity contribution in [2.45, 2.75) is 38.3 Å². The summed E-state index contributed by atoms with van der Waals surface area (Å²) >= 11 is 1.66. The molecule has 0 spiro atoms. The second-order valence-electron chi connectivity index (χ2n) is 7.21. The number of hydrogen-bond donors (Lipinski definition) is 1. The number of nitrogens with zero attached hydrogens (tertiary/aromatic N) is 4. The van der Waals surface area contributed by atoms with Gasteiger partial charge in [0.2, 0.25) is 5.91 Å². The molecule has 152 valence electrons. The van der Waals surface area contributed by atoms with E-state index in [1.807, 2.05) is 22.3 Å². The van der Waals surface area contributed by atoms with Gasteiger partial charge < -0.3 is 10.1 Å². The van der Waals surface area contributed by atoms with Crippen LogP contribution in [-0.2, 0) is 16.1 Å². The van der Waals surface area contributed by atoms with Crippen molar-refractivity contribution in [3.05, 3.63) is 42.3 Å². The minimum absolute atomic E-state index is 0.0400. The molecular formula is C21H25N5O2S. The van der Waals surface area contributed by atoms with E-state index < -0.39 is 0 Å². The minimum atomic E-state index is 0.0400. The average molecular weight is 412 g/mol. The molecule has 1 saturated carbocycles. The Labute approximate surface area is 174 Å². The fraction of sp³-hybridized carbons (Fsp3) is 0.429. The van der Waals surface area contributed by atoms with Gasteiger partial charge in [-0.2, -0.15) is 5.10 Å². The van der Waals surface area contributed by atoms with Crippen molar-refractivity contribution in [2.24, 2.45) is 5.92 Å². The van der Waals surface area contributed by atoms with Gasteiger partial charge in [0.1, 0.15) is 0 Å². The number of amides is 1. The van der Waals surface area contributed by atoms with E-state index >= 15 is 0 Å². The van der Waals surface area contributed by atoms with E-state index in [0.29, 0.717) is 13.1 Å². The summed E-state index contributed by atoms with van der Waals surface area (Å²) in [5.41, 5.74) is 2.74. The van der Waals surface area contributed by atoms with Crippen molar-refractivity contribution in [3.8, 4) is 21.8 Å². The second-order valence-corrected chi connectivity index (χ2v) is 8.16. The van der Waals surface area contributed by atoms with Gasteiger partial charge in [-0.25, -0.2) is 0 Å². The van der Waals surface area contributed by atoms with Crippen LogP contribution in [0.2, 0.25) is 0 Å². The summed E-state index contributed by atoms with van der Waals surface area (Å²) in [7, 11) is 1.73. The minimum Gasteiger partial charge on any atom is -0.381 e. The van der Waals surface area contributed by atoms with E-state index in [1.54, 1.807) is 37.0 Å². The number of ether oxygens (including phenoxy) is 1. The third-order valence-corrected chi connectivity index (χ3v) is 6.26. The first kappa shape index (κ1) is 19.7. The molecule has 1 aliphatic carbocycles. The molecule has 0 unspecified atom stereocenters. The lowest BCUT2D eigenvalue weighted by Gasteiger charge is -2.27. The van der Waals surface area contributed by atoms with Gasteiger partial charge in [-0.05, 0) is 30.7 Å². The molecule has 3 heterocycles. The molecule has 29 heavy (non-hydrogen) atoms. The molecule has 1 N–H and O–H groups in total. The molecule has 0 bridgehead atoms. The summed E-state index contributed by atoms with van der Waals surface area (Å²) in [4.78, 5) is 22.3. The van der Waals surface area contributed by atoms with Crippen LogP contribution in [0.1, 0.15) is 25.7 Å². The number of aromatic nitrogens is 4. The lowest BCUT2D eigenvalue weighted by atomic mass is 9.86. The molecule has 8 heteroatoms. The SMILES string of the molecule is CO[C@H]1CCC[C@@H](C(=O)NCCn2ncc(-c3cnccn3)c2-c2cccs2)C1. The predicted octanol–water partition coefficient (Wildman–Crippen LogP) is 3.39. The molecule has 3 aromatic heterocycles. The Hall–Kier alpha value is -2.58. The largest absolute Gasteiger partial charge is 0.381 e. The van der Waals surface area contributed by atoms with Crippen LogP contribution in [-0.4, -0.2) is 45.4 Å². The van der Waals surface area contributed by atoms with E-state index in [0.717, 1.165) is 47.5 Å². The monoisotopic (exact) mass is 411 g/mol. The van der Waals surface area contributed by atoms with Crippen LogP contribution in [0.25, 0.3) is 21.8 Å². The molecular weight excluding hydrogens is 386 g/mol. The summed E-state index contributed by atoms with van der Waals surface area (Å²) in [6.07, 6.45) is 10.9. The van der Waals surface area contributed by atoms with Crippen LogP contribution in [0.3, 0.4) is 0 Å². The summed E-state index contributed by atoms with van der Waals surface area (Å²) in [5, 5.41) is 9.70. The van der Waals surface area contributed by atoms with Crippen LogP contribution in [0, 0.1) is 5.92 Å². The summed E-state index contributed by atoms with van der Waals surface area (Å²) < 4.78 is 7.38. The van der Waals surface area contributed by atoms with Gasteiger partial charge in [-0.3, -0.25) is 19.4 Å². The van der Waals surface area contributed by atoms with Gasteiger partial charge in [0, 0.05) is 37.5 Å². The van der Waals surface area contributed by atoms with Crippen LogP contribution >= 0.6 is 11.3 Å². The number of carbonyl (C=O) groups is 1. The van der Waals surface area contributed by atoms with Crippen molar-refractivity contribution in [2.75, 3.05) is 13.7 Å². The van der Waals surface area contributed by atoms with E-state index in [-0.39, 0.29) is 17.9 Å². The lowest BCUT2D eigenvalue weighted by molar-refractivity contribution is -0.127. The molecule has 4 rings (SSSR count). The van der Waals surface area contributed by atoms with E-state index in [9.17, 15) is 4.79 Å². The Morgan fingerprint density at radius 2 is 2.28 bits per heavy atom. The Kier molecular flexibility index (Phi) is 6.31. The van der Waals surface area contributed by atoms with Crippen molar-refractivity contribution in [1.29, 1.82) is 0 Å². The van der Waals surface area contributed by atoms with Gasteiger partial charge >= 0.3 is 0 Å². The number of hydrogen-bond acceptors (Lipinski definition) is 6. The summed E-state index contributed by atoms with van der Waals surface area (Å²) in [5.74, 6) is 0.156. The number of carbonyl (C=O) groups excluding carboxylic acids is 1. The first-order valence-electron chi connectivity index (χ1n) is 9.93. The smallest absolute Gasteiger partial charge is 0.223 e. The van der Waals surface area contributed by atoms with E-state index in [2.05, 4.69) is 26.4 Å². The van der Waals surface area contributed by atoms with Crippen LogP contribution in [0.4, 0.5) is 0 Å². The fourth-order valence-electron chi connectivity index (χ4n) is 3.88. The van der Waals surface area contributed by atoms with Crippen LogP contribution < -0.4 is 5.32 Å². The number of nitrogens with one attached hydrogen (secondary N) is 1. The molecule has 7 nitrogen and oxygen atoms in total. The maximum absolute atomic E-state index is 12.6. The maximum atomic E-state index is 12.6. The highest BCUT2D eigenvalue weighted by molar-refractivity contribution is 7.13. The van der Waals surface area contributed by atoms with Gasteiger partial charge in [0.05, 0.1) is 41.3 Å². The molecule has 1 fully saturated rings. The molecule has 0 aliphatic heterocycles. The van der Waals surface area contributed by atoms with Crippen molar-refractivity contribution >= 4 is 17.2 Å². The fourth-order valence-corrected chi connectivity index (χ4v) is 4.67. The van der Waals surface area contributed by atoms with Gasteiger partial charge in [0.15, 0.2) is 0 Å². The van der Waals surface area contributed by atoms with Crippen LogP contribution in [0.5, 0.6) is 0 Å². The van der Waals surface area contributed by atoms with Crippen LogP contribution in [0.15, 0.2) is 42.3 Å². The predicted molar refractivity (Wildman–Crippen MR) is 112 cm³/mol. The first-order chi connectivity index (χ1) is 14.3. The Bertz CT molecular complexity index is 926. The molecule has 1 aliphatic rings. The molecule has 0 radical (unpaired) electrons. The highest BCUT2D eigenvalue weighted by atomic mass is 32.1. The number of rotatable bonds is 7. The normalized spacial score (nSPS) is 19.2. The molecule has 0 aromatic carbocycles. The maximum Gasteiger partial charge on any atom is 0.223 e. The number of methoxy groups -OCH3 is 1. The molecule has 2 atom stereocenters. The zero-order valence-electron chi connectivity index (χ0n) is 16.5. The van der Waals surface area contributed by atoms with Gasteiger partial charge in [-0.15, -0.1) is 11.3 Å². The summed E-state index contributed by atoms with van der Waals surface area (Å²) in [6, 6.07) is 4.10. The lowest BCUT2D eigenvalue weighted by Crippen LogP contribution is -2.37. The third-order valence-electron chi connectivity index (χ3n) is 5.39. The second kappa shape index (κ2) is 9.28. The average Bonchev–Trinajstić information content (AvgIpc) is 3.44. The highest BCUT2D eigenvalue weighted by Gasteiger charge is 2.27. The Balaban J connectivity index is 1.45. The highest BCUT2D eigenvalue weighted by Crippen LogP contribution is 2.33. The molecule has 3 aromatic rings. The van der Waals surface area contributed by atoms with Gasteiger partial charge in [0.25, 0.3) is 0 Å². The van der Waals surface area contributed by atoms with Crippen molar-refractivity contribution in [3.63, 3.8) is 0 Å². The Morgan fingerprint density at radius 3 is 3.03 bits per heavy atom. The van der Waals surface area contributed by atoms with E-state index in [4.69, 9.17) is 4.74 Å². The van der Waals surface area contributed by atoms with Crippen molar-refractivity contribution < 1.29 is 9.53 Å². The standard InChI is InChI=1S/C21H25N5O2S/c1-28-16-5-2-4-15(12-16)21(27)24-9-10-26-20(19-6-3-11-29-19)17(13-25-26)18-14-22-7-8-23-18/h3,6-8,11,13-16H,2,4-5,9-10,12H2,1H3,(H,24,27)/t15-,16+/m1/s1.